The van der Waals surface area contributed by atoms with Gasteiger partial charge in [0.05, 0.1) is 36.6 Å². The number of aromatic nitrogens is 2. The van der Waals surface area contributed by atoms with Gasteiger partial charge in [-0.2, -0.15) is 4.98 Å². The second kappa shape index (κ2) is 12.8. The maximum absolute atomic E-state index is 12.9. The molecule has 4 rings (SSSR count). The lowest BCUT2D eigenvalue weighted by molar-refractivity contribution is -0.169. The van der Waals surface area contributed by atoms with Crippen molar-refractivity contribution in [2.75, 3.05) is 24.1 Å². The van der Waals surface area contributed by atoms with E-state index in [9.17, 15) is 29.1 Å². The van der Waals surface area contributed by atoms with Gasteiger partial charge in [-0.3, -0.25) is 14.4 Å². The van der Waals surface area contributed by atoms with Crippen LogP contribution in [0, 0.1) is 17.8 Å². The summed E-state index contributed by atoms with van der Waals surface area (Å²) >= 11 is 0. The van der Waals surface area contributed by atoms with E-state index in [4.69, 9.17) is 23.8 Å². The normalized spacial score (nSPS) is 22.0. The zero-order valence-corrected chi connectivity index (χ0v) is 26.2. The molecule has 16 nitrogen and oxygen atoms in total. The van der Waals surface area contributed by atoms with Crippen molar-refractivity contribution >= 4 is 58.4 Å². The lowest BCUT2D eigenvalue weighted by atomic mass is 9.96. The van der Waals surface area contributed by atoms with Crippen molar-refractivity contribution < 1.29 is 48.1 Å². The number of nitrogens with zero attached hydrogens (tertiary/aromatic N) is 4. The number of nitrogens with one attached hydrogen (secondary N) is 1. The average Bonchev–Trinajstić information content (AvgIpc) is 3.42. The van der Waals surface area contributed by atoms with E-state index in [0.29, 0.717) is 5.06 Å². The van der Waals surface area contributed by atoms with E-state index >= 15 is 0 Å². The molecule has 16 heteroatoms. The second-order valence-electron chi connectivity index (χ2n) is 11.8. The maximum atomic E-state index is 12.9. The van der Waals surface area contributed by atoms with Crippen LogP contribution in [0.1, 0.15) is 54.7 Å². The van der Waals surface area contributed by atoms with Gasteiger partial charge >= 0.3 is 24.0 Å². The molecule has 0 aliphatic carbocycles. The third-order valence-electron chi connectivity index (χ3n) is 7.15. The highest BCUT2D eigenvalue weighted by Gasteiger charge is 2.57. The Labute approximate surface area is 258 Å². The highest BCUT2D eigenvalue weighted by Crippen LogP contribution is 2.47. The number of aliphatic hydroxyl groups is 1. The first-order valence-electron chi connectivity index (χ1n) is 14.3. The van der Waals surface area contributed by atoms with Crippen LogP contribution < -0.4 is 15.9 Å². The van der Waals surface area contributed by atoms with Crippen molar-refractivity contribution in [2.45, 2.75) is 72.5 Å². The monoisotopic (exact) mass is 631 g/mol. The first-order valence-corrected chi connectivity index (χ1v) is 14.3. The molecule has 244 valence electrons. The van der Waals surface area contributed by atoms with Crippen LogP contribution in [0.5, 0.6) is 0 Å². The summed E-state index contributed by atoms with van der Waals surface area (Å²) in [4.78, 5) is 77.0. The molecule has 2 aromatic heterocycles. The summed E-state index contributed by atoms with van der Waals surface area (Å²) in [5, 5.41) is 15.6. The number of hydrogen-bond acceptors (Lipinski definition) is 14. The summed E-state index contributed by atoms with van der Waals surface area (Å²) in [6.45, 7) is 10.7. The van der Waals surface area contributed by atoms with Gasteiger partial charge in [0.25, 0.3) is 5.56 Å². The van der Waals surface area contributed by atoms with Crippen LogP contribution in [-0.2, 0) is 38.2 Å². The Balaban J connectivity index is 1.91. The van der Waals surface area contributed by atoms with Crippen molar-refractivity contribution in [3.63, 3.8) is 0 Å². The van der Waals surface area contributed by atoms with Gasteiger partial charge in [0, 0.05) is 17.6 Å². The Bertz CT molecular complexity index is 1600. The largest absolute Gasteiger partial charge is 0.463 e. The summed E-state index contributed by atoms with van der Waals surface area (Å²) in [7, 11) is 1.07. The SMILES string of the molecule is COC(=O)N(OC(=O)C(C)C)c1cc(=O)nc2c3c(n(C4OC(COC(=O)C(C)C)C(OC(=O)C(C)C)C4(C)O)cc13)N=CN2. The molecule has 0 radical (unpaired) electrons. The van der Waals surface area contributed by atoms with E-state index < -0.39 is 71.4 Å². The van der Waals surface area contributed by atoms with Crippen LogP contribution in [0.15, 0.2) is 22.1 Å². The van der Waals surface area contributed by atoms with Gasteiger partial charge in [0.2, 0.25) is 0 Å². The summed E-state index contributed by atoms with van der Waals surface area (Å²) in [5.74, 6) is -3.39. The Kier molecular flexibility index (Phi) is 9.48. The van der Waals surface area contributed by atoms with E-state index in [0.717, 1.165) is 13.2 Å². The second-order valence-corrected chi connectivity index (χ2v) is 11.8. The Morgan fingerprint density at radius 2 is 1.73 bits per heavy atom. The Hall–Kier alpha value is -4.57. The molecule has 1 amide bonds. The van der Waals surface area contributed by atoms with Gasteiger partial charge in [0.15, 0.2) is 12.3 Å². The molecule has 2 aliphatic heterocycles. The molecule has 0 aromatic carbocycles. The molecule has 2 aliphatic rings. The van der Waals surface area contributed by atoms with E-state index in [1.807, 2.05) is 0 Å². The summed E-state index contributed by atoms with van der Waals surface area (Å²) in [6.07, 6.45) is -2.14. The number of carbonyl (C=O) groups excluding carboxylic acids is 4. The minimum Gasteiger partial charge on any atom is -0.463 e. The zero-order valence-electron chi connectivity index (χ0n) is 26.2. The molecule has 1 saturated heterocycles. The number of amides is 1. The maximum Gasteiger partial charge on any atom is 0.448 e. The van der Waals surface area contributed by atoms with Crippen LogP contribution in [-0.4, -0.2) is 76.5 Å². The number of hydroxylamine groups is 1. The Morgan fingerprint density at radius 3 is 2.33 bits per heavy atom. The third-order valence-corrected chi connectivity index (χ3v) is 7.15. The fourth-order valence-electron chi connectivity index (χ4n) is 4.69. The van der Waals surface area contributed by atoms with Crippen molar-refractivity contribution in [2.24, 2.45) is 22.7 Å². The minimum absolute atomic E-state index is 0.0489. The predicted molar refractivity (Wildman–Crippen MR) is 159 cm³/mol. The topological polar surface area (TPSA) is 197 Å². The van der Waals surface area contributed by atoms with Gasteiger partial charge in [-0.15, -0.1) is 5.06 Å². The molecule has 4 heterocycles. The first kappa shape index (κ1) is 33.3. The quantitative estimate of drug-likeness (QED) is 0.245. The smallest absolute Gasteiger partial charge is 0.448 e. The van der Waals surface area contributed by atoms with Crippen LogP contribution in [0.4, 0.5) is 22.1 Å². The van der Waals surface area contributed by atoms with Gasteiger partial charge in [0.1, 0.15) is 35.6 Å². The van der Waals surface area contributed by atoms with Crippen LogP contribution >= 0.6 is 0 Å². The number of hydrogen-bond donors (Lipinski definition) is 2. The van der Waals surface area contributed by atoms with Gasteiger partial charge < -0.3 is 38.8 Å². The van der Waals surface area contributed by atoms with Crippen LogP contribution in [0.2, 0.25) is 0 Å². The number of aliphatic imine (C=N–C) groups is 1. The van der Waals surface area contributed by atoms with Crippen LogP contribution in [0.25, 0.3) is 10.8 Å². The molecule has 0 saturated carbocycles. The molecular weight excluding hydrogens is 594 g/mol. The van der Waals surface area contributed by atoms with E-state index in [1.165, 1.54) is 24.0 Å². The van der Waals surface area contributed by atoms with Crippen molar-refractivity contribution in [3.8, 4) is 0 Å². The summed E-state index contributed by atoms with van der Waals surface area (Å²) in [5.41, 5.74) is -2.93. The van der Waals surface area contributed by atoms with Gasteiger partial charge in [-0.1, -0.05) is 41.5 Å². The number of anilines is 2. The molecular formula is C29H37N5O11. The first-order chi connectivity index (χ1) is 21.1. The van der Waals surface area contributed by atoms with Gasteiger partial charge in [-0.05, 0) is 6.92 Å². The number of rotatable bonds is 8. The number of carbonyl (C=O) groups is 4. The van der Waals surface area contributed by atoms with Crippen molar-refractivity contribution in [1.82, 2.24) is 9.55 Å². The molecule has 4 unspecified atom stereocenters. The molecule has 2 aromatic rings. The molecule has 0 spiro atoms. The minimum atomic E-state index is -1.93. The molecule has 1 fully saturated rings. The number of methoxy groups -OCH3 is 1. The highest BCUT2D eigenvalue weighted by atomic mass is 16.8. The van der Waals surface area contributed by atoms with Crippen molar-refractivity contribution in [3.05, 3.63) is 22.6 Å². The number of esters is 2. The van der Waals surface area contributed by atoms with E-state index in [1.54, 1.807) is 41.5 Å². The van der Waals surface area contributed by atoms with E-state index in [2.05, 4.69) is 15.3 Å². The summed E-state index contributed by atoms with van der Waals surface area (Å²) in [6, 6.07) is 0.979. The lowest BCUT2D eigenvalue weighted by Crippen LogP contribution is -2.48. The average molecular weight is 632 g/mol. The third kappa shape index (κ3) is 6.47. The van der Waals surface area contributed by atoms with E-state index in [-0.39, 0.29) is 34.7 Å². The fourth-order valence-corrected chi connectivity index (χ4v) is 4.69. The standard InChI is InChI=1S/C29H37N5O11/c1-13(2)24(36)42-11-18-21(44-25(37)14(3)4)29(7,40)27(43-18)33-10-16-17(34(28(39)41-8)45-26(38)15(5)6)9-19(35)32-22-20(16)23(33)31-12-30-22/h9-10,12-15,18,21,27,40H,11H2,1-8H3,(H,30,31,32,35). The summed E-state index contributed by atoms with van der Waals surface area (Å²) < 4.78 is 23.5. The van der Waals surface area contributed by atoms with Gasteiger partial charge in [-0.25, -0.2) is 14.6 Å². The lowest BCUT2D eigenvalue weighted by Gasteiger charge is -2.31. The van der Waals surface area contributed by atoms with Crippen molar-refractivity contribution in [1.29, 1.82) is 0 Å². The highest BCUT2D eigenvalue weighted by molar-refractivity contribution is 6.12. The predicted octanol–water partition coefficient (Wildman–Crippen LogP) is 2.58. The van der Waals surface area contributed by atoms with Crippen LogP contribution in [0.3, 0.4) is 0 Å². The molecule has 45 heavy (non-hydrogen) atoms. The molecule has 0 bridgehead atoms. The fraction of sp³-hybridized carbons (Fsp3) is 0.552. The Morgan fingerprint density at radius 1 is 1.09 bits per heavy atom. The molecule has 4 atom stereocenters. The molecule has 2 N–H and O–H groups in total. The zero-order chi connectivity index (χ0) is 33.4. The number of ether oxygens (including phenoxy) is 4.